The van der Waals surface area contributed by atoms with E-state index >= 15 is 0 Å². The first-order valence-electron chi connectivity index (χ1n) is 7.22. The van der Waals surface area contributed by atoms with Gasteiger partial charge in [-0.2, -0.15) is 0 Å². The fourth-order valence-corrected chi connectivity index (χ4v) is 2.74. The lowest BCUT2D eigenvalue weighted by Crippen LogP contribution is -2.45. The number of amides is 1. The van der Waals surface area contributed by atoms with Crippen LogP contribution in [0.2, 0.25) is 0 Å². The van der Waals surface area contributed by atoms with Crippen LogP contribution in [0.25, 0.3) is 0 Å². The first kappa shape index (κ1) is 14.2. The molecule has 1 fully saturated rings. The van der Waals surface area contributed by atoms with Crippen molar-refractivity contribution in [3.8, 4) is 11.5 Å². The highest BCUT2D eigenvalue weighted by atomic mass is 16.7. The Labute approximate surface area is 123 Å². The molecule has 0 aromatic heterocycles. The van der Waals surface area contributed by atoms with Crippen LogP contribution in [0.5, 0.6) is 11.5 Å². The molecule has 2 atom stereocenters. The van der Waals surface area contributed by atoms with Crippen LogP contribution < -0.4 is 14.8 Å². The number of likely N-dealkylation sites (tertiary alicyclic amines) is 1. The van der Waals surface area contributed by atoms with Gasteiger partial charge in [-0.25, -0.2) is 0 Å². The van der Waals surface area contributed by atoms with Gasteiger partial charge in [0.1, 0.15) is 0 Å². The lowest BCUT2D eigenvalue weighted by atomic mass is 9.97. The van der Waals surface area contributed by atoms with E-state index in [9.17, 15) is 9.90 Å². The van der Waals surface area contributed by atoms with Gasteiger partial charge in [0.05, 0.1) is 12.6 Å². The topological polar surface area (TPSA) is 71.0 Å². The van der Waals surface area contributed by atoms with Crippen molar-refractivity contribution in [2.75, 3.05) is 31.7 Å². The summed E-state index contributed by atoms with van der Waals surface area (Å²) in [7, 11) is 0. The predicted octanol–water partition coefficient (Wildman–Crippen LogP) is 1.06. The van der Waals surface area contributed by atoms with Gasteiger partial charge < -0.3 is 19.9 Å². The summed E-state index contributed by atoms with van der Waals surface area (Å²) in [6, 6.07) is 5.36. The highest BCUT2D eigenvalue weighted by Gasteiger charge is 2.25. The molecule has 21 heavy (non-hydrogen) atoms. The maximum atomic E-state index is 12.1. The Hall–Kier alpha value is -1.79. The summed E-state index contributed by atoms with van der Waals surface area (Å²) in [5.74, 6) is 1.50. The van der Waals surface area contributed by atoms with Gasteiger partial charge in [-0.05, 0) is 24.5 Å². The van der Waals surface area contributed by atoms with Gasteiger partial charge in [0.15, 0.2) is 11.5 Å². The first-order chi connectivity index (χ1) is 10.1. The van der Waals surface area contributed by atoms with E-state index in [1.165, 1.54) is 0 Å². The van der Waals surface area contributed by atoms with E-state index in [0.29, 0.717) is 23.7 Å². The number of ether oxygens (including phenoxy) is 2. The van der Waals surface area contributed by atoms with Crippen molar-refractivity contribution in [1.29, 1.82) is 0 Å². The molecule has 0 spiro atoms. The van der Waals surface area contributed by atoms with Crippen molar-refractivity contribution in [2.24, 2.45) is 5.92 Å². The van der Waals surface area contributed by atoms with Crippen LogP contribution in [0, 0.1) is 5.92 Å². The van der Waals surface area contributed by atoms with Gasteiger partial charge in [-0.15, -0.1) is 0 Å². The predicted molar refractivity (Wildman–Crippen MR) is 77.4 cm³/mol. The second kappa shape index (κ2) is 5.91. The summed E-state index contributed by atoms with van der Waals surface area (Å²) < 4.78 is 10.5. The van der Waals surface area contributed by atoms with Crippen molar-refractivity contribution in [3.05, 3.63) is 18.2 Å². The monoisotopic (exact) mass is 292 g/mol. The number of aliphatic hydroxyl groups excluding tert-OH is 1. The minimum atomic E-state index is -0.252. The number of hydrogen-bond donors (Lipinski definition) is 2. The number of anilines is 1. The number of carbonyl (C=O) groups excluding carboxylic acids is 1. The number of hydrogen-bond acceptors (Lipinski definition) is 5. The SMILES string of the molecule is CC1CN(CC(=O)Nc2ccc3c(c2)OCO3)CCC1O. The molecule has 1 amide bonds. The summed E-state index contributed by atoms with van der Waals surface area (Å²) in [6.45, 7) is 4.06. The Morgan fingerprint density at radius 1 is 1.43 bits per heavy atom. The Bertz CT molecular complexity index is 534. The molecule has 3 rings (SSSR count). The lowest BCUT2D eigenvalue weighted by molar-refractivity contribution is -0.118. The van der Waals surface area contributed by atoms with Crippen molar-refractivity contribution in [1.82, 2.24) is 4.90 Å². The summed E-state index contributed by atoms with van der Waals surface area (Å²) in [4.78, 5) is 14.2. The minimum absolute atomic E-state index is 0.0579. The van der Waals surface area contributed by atoms with Crippen LogP contribution >= 0.6 is 0 Å². The number of aliphatic hydroxyl groups is 1. The summed E-state index contributed by atoms with van der Waals surface area (Å²) >= 11 is 0. The van der Waals surface area contributed by atoms with Crippen molar-refractivity contribution in [2.45, 2.75) is 19.4 Å². The van der Waals surface area contributed by atoms with Gasteiger partial charge in [0.25, 0.3) is 0 Å². The fourth-order valence-electron chi connectivity index (χ4n) is 2.74. The van der Waals surface area contributed by atoms with E-state index in [1.54, 1.807) is 18.2 Å². The molecule has 114 valence electrons. The fraction of sp³-hybridized carbons (Fsp3) is 0.533. The smallest absolute Gasteiger partial charge is 0.238 e. The van der Waals surface area contributed by atoms with E-state index in [1.807, 2.05) is 6.92 Å². The maximum absolute atomic E-state index is 12.1. The molecule has 0 aliphatic carbocycles. The Morgan fingerprint density at radius 3 is 3.05 bits per heavy atom. The second-order valence-corrected chi connectivity index (χ2v) is 5.68. The third-order valence-corrected chi connectivity index (χ3v) is 3.97. The lowest BCUT2D eigenvalue weighted by Gasteiger charge is -2.33. The largest absolute Gasteiger partial charge is 0.454 e. The van der Waals surface area contributed by atoms with Crippen LogP contribution in [-0.4, -0.2) is 48.4 Å². The summed E-state index contributed by atoms with van der Waals surface area (Å²) in [5, 5.41) is 12.6. The van der Waals surface area contributed by atoms with Crippen LogP contribution in [0.4, 0.5) is 5.69 Å². The molecule has 2 aliphatic rings. The molecular weight excluding hydrogens is 272 g/mol. The molecule has 2 aliphatic heterocycles. The number of benzene rings is 1. The maximum Gasteiger partial charge on any atom is 0.238 e. The van der Waals surface area contributed by atoms with E-state index in [0.717, 1.165) is 19.5 Å². The van der Waals surface area contributed by atoms with E-state index in [4.69, 9.17) is 9.47 Å². The Morgan fingerprint density at radius 2 is 2.24 bits per heavy atom. The molecule has 0 radical (unpaired) electrons. The van der Waals surface area contributed by atoms with E-state index < -0.39 is 0 Å². The van der Waals surface area contributed by atoms with E-state index in [2.05, 4.69) is 10.2 Å². The van der Waals surface area contributed by atoms with Crippen molar-refractivity contribution < 1.29 is 19.4 Å². The van der Waals surface area contributed by atoms with Gasteiger partial charge in [0, 0.05) is 24.8 Å². The van der Waals surface area contributed by atoms with Crippen molar-refractivity contribution in [3.63, 3.8) is 0 Å². The van der Waals surface area contributed by atoms with Gasteiger partial charge in [-0.3, -0.25) is 9.69 Å². The third kappa shape index (κ3) is 3.28. The van der Waals surface area contributed by atoms with Crippen LogP contribution in [0.15, 0.2) is 18.2 Å². The van der Waals surface area contributed by atoms with E-state index in [-0.39, 0.29) is 24.7 Å². The third-order valence-electron chi connectivity index (χ3n) is 3.97. The molecule has 1 aromatic carbocycles. The zero-order valence-electron chi connectivity index (χ0n) is 12.0. The number of carbonyl (C=O) groups is 1. The first-order valence-corrected chi connectivity index (χ1v) is 7.22. The number of fused-ring (bicyclic) bond motifs is 1. The zero-order chi connectivity index (χ0) is 14.8. The van der Waals surface area contributed by atoms with Crippen molar-refractivity contribution >= 4 is 11.6 Å². The van der Waals surface area contributed by atoms with Gasteiger partial charge in [-0.1, -0.05) is 6.92 Å². The number of rotatable bonds is 3. The molecule has 6 nitrogen and oxygen atoms in total. The van der Waals surface area contributed by atoms with Crippen LogP contribution in [0.1, 0.15) is 13.3 Å². The van der Waals surface area contributed by atoms with Gasteiger partial charge >= 0.3 is 0 Å². The number of piperidine rings is 1. The second-order valence-electron chi connectivity index (χ2n) is 5.68. The Balaban J connectivity index is 1.54. The number of nitrogens with one attached hydrogen (secondary N) is 1. The highest BCUT2D eigenvalue weighted by Crippen LogP contribution is 2.34. The molecular formula is C15H20N2O4. The quantitative estimate of drug-likeness (QED) is 0.871. The molecule has 2 N–H and O–H groups in total. The average Bonchev–Trinajstić information content (AvgIpc) is 2.90. The Kier molecular flexibility index (Phi) is 3.98. The average molecular weight is 292 g/mol. The summed E-state index contributed by atoms with van der Waals surface area (Å²) in [5.41, 5.74) is 0.703. The molecule has 1 saturated heterocycles. The molecule has 0 bridgehead atoms. The molecule has 1 aromatic rings. The number of nitrogens with zero attached hydrogens (tertiary/aromatic N) is 1. The molecule has 2 unspecified atom stereocenters. The molecule has 6 heteroatoms. The molecule has 2 heterocycles. The normalized spacial score (nSPS) is 24.9. The summed E-state index contributed by atoms with van der Waals surface area (Å²) in [6.07, 6.45) is 0.469. The minimum Gasteiger partial charge on any atom is -0.454 e. The highest BCUT2D eigenvalue weighted by molar-refractivity contribution is 5.92. The van der Waals surface area contributed by atoms with Crippen LogP contribution in [0.3, 0.4) is 0 Å². The standard InChI is InChI=1S/C15H20N2O4/c1-10-7-17(5-4-12(10)18)8-15(19)16-11-2-3-13-14(6-11)21-9-20-13/h2-3,6,10,12,18H,4-5,7-9H2,1H3,(H,16,19). The molecule has 0 saturated carbocycles. The van der Waals surface area contributed by atoms with Crippen LogP contribution in [-0.2, 0) is 4.79 Å². The van der Waals surface area contributed by atoms with Gasteiger partial charge in [0.2, 0.25) is 12.7 Å². The zero-order valence-corrected chi connectivity index (χ0v) is 12.0.